The van der Waals surface area contributed by atoms with Gasteiger partial charge in [-0.15, -0.1) is 0 Å². The van der Waals surface area contributed by atoms with Crippen LogP contribution in [-0.4, -0.2) is 53.7 Å². The number of nitrogens with zero attached hydrogens (tertiary/aromatic N) is 1. The Morgan fingerprint density at radius 3 is 2.21 bits per heavy atom. The van der Waals surface area contributed by atoms with Crippen LogP contribution in [0.15, 0.2) is 48.5 Å². The zero-order valence-electron chi connectivity index (χ0n) is 19.9. The summed E-state index contributed by atoms with van der Waals surface area (Å²) in [5.74, 6) is -1.81. The van der Waals surface area contributed by atoms with E-state index in [4.69, 9.17) is 4.74 Å². The maximum Gasteiger partial charge on any atom is 0.407 e. The van der Waals surface area contributed by atoms with E-state index in [9.17, 15) is 19.5 Å². The zero-order valence-corrected chi connectivity index (χ0v) is 19.9. The van der Waals surface area contributed by atoms with Crippen molar-refractivity contribution in [2.75, 3.05) is 19.7 Å². The number of ether oxygens (including phenoxy) is 1. The summed E-state index contributed by atoms with van der Waals surface area (Å²) in [5, 5.41) is 12.1. The van der Waals surface area contributed by atoms with Crippen molar-refractivity contribution in [2.24, 2.45) is 11.3 Å². The van der Waals surface area contributed by atoms with Gasteiger partial charge in [-0.25, -0.2) is 4.79 Å². The summed E-state index contributed by atoms with van der Waals surface area (Å²) in [7, 11) is 0. The minimum Gasteiger partial charge on any atom is -0.481 e. The first kappa shape index (κ1) is 23.8. The third-order valence-corrected chi connectivity index (χ3v) is 6.80. The molecule has 1 fully saturated rings. The number of rotatable bonds is 5. The van der Waals surface area contributed by atoms with Gasteiger partial charge in [0.15, 0.2) is 0 Å². The highest BCUT2D eigenvalue weighted by molar-refractivity contribution is 5.87. The Hall–Kier alpha value is -3.35. The lowest BCUT2D eigenvalue weighted by Crippen LogP contribution is -2.57. The first-order valence-electron chi connectivity index (χ1n) is 11.8. The Bertz CT molecular complexity index is 1040. The van der Waals surface area contributed by atoms with Gasteiger partial charge in [0.05, 0.1) is 5.92 Å². The number of likely N-dealkylation sites (tertiary alicyclic amines) is 1. The van der Waals surface area contributed by atoms with Gasteiger partial charge in [-0.3, -0.25) is 9.59 Å². The van der Waals surface area contributed by atoms with E-state index in [1.807, 2.05) is 45.0 Å². The van der Waals surface area contributed by atoms with Gasteiger partial charge in [0.25, 0.3) is 0 Å². The SMILES string of the molecule is CC(C)(C)C(NC(=O)OCC1c2ccccc2-c2ccccc21)C(=O)N1CCC[C@H](C(=O)O)C1. The first-order chi connectivity index (χ1) is 16.2. The molecule has 0 radical (unpaired) electrons. The van der Waals surface area contributed by atoms with Crippen molar-refractivity contribution >= 4 is 18.0 Å². The number of hydrogen-bond acceptors (Lipinski definition) is 4. The molecule has 2 aromatic rings. The molecule has 2 amide bonds. The van der Waals surface area contributed by atoms with Gasteiger partial charge >= 0.3 is 12.1 Å². The van der Waals surface area contributed by atoms with Gasteiger partial charge in [-0.2, -0.15) is 0 Å². The minimum absolute atomic E-state index is 0.0691. The van der Waals surface area contributed by atoms with Crippen LogP contribution in [0.2, 0.25) is 0 Å². The van der Waals surface area contributed by atoms with Crippen LogP contribution in [0.4, 0.5) is 4.79 Å². The van der Waals surface area contributed by atoms with E-state index in [-0.39, 0.29) is 25.0 Å². The number of carbonyl (C=O) groups is 3. The average molecular weight is 465 g/mol. The highest BCUT2D eigenvalue weighted by Crippen LogP contribution is 2.44. The number of benzene rings is 2. The van der Waals surface area contributed by atoms with E-state index in [1.165, 1.54) is 0 Å². The van der Waals surface area contributed by atoms with Crippen molar-refractivity contribution in [3.63, 3.8) is 0 Å². The van der Waals surface area contributed by atoms with E-state index in [1.54, 1.807) is 4.90 Å². The molecule has 1 heterocycles. The number of amides is 2. The van der Waals surface area contributed by atoms with E-state index in [2.05, 4.69) is 29.6 Å². The van der Waals surface area contributed by atoms with Crippen LogP contribution < -0.4 is 5.32 Å². The van der Waals surface area contributed by atoms with Crippen LogP contribution >= 0.6 is 0 Å². The first-order valence-corrected chi connectivity index (χ1v) is 11.8. The summed E-state index contributed by atoms with van der Waals surface area (Å²) in [5.41, 5.74) is 3.96. The molecule has 0 saturated carbocycles. The molecule has 0 aromatic heterocycles. The second-order valence-electron chi connectivity index (χ2n) is 10.2. The number of alkyl carbamates (subject to hydrolysis) is 1. The predicted octanol–water partition coefficient (Wildman–Crippen LogP) is 4.26. The topological polar surface area (TPSA) is 95.9 Å². The smallest absolute Gasteiger partial charge is 0.407 e. The van der Waals surface area contributed by atoms with Crippen LogP contribution in [0, 0.1) is 11.3 Å². The molecule has 1 unspecified atom stereocenters. The maximum absolute atomic E-state index is 13.3. The minimum atomic E-state index is -0.894. The maximum atomic E-state index is 13.3. The van der Waals surface area contributed by atoms with Crippen LogP contribution in [0.5, 0.6) is 0 Å². The fourth-order valence-electron chi connectivity index (χ4n) is 4.97. The Balaban J connectivity index is 1.44. The Labute approximate surface area is 200 Å². The van der Waals surface area contributed by atoms with E-state index in [0.29, 0.717) is 19.4 Å². The summed E-state index contributed by atoms with van der Waals surface area (Å²) < 4.78 is 5.65. The van der Waals surface area contributed by atoms with Gasteiger partial charge in [0.1, 0.15) is 12.6 Å². The molecule has 1 aliphatic heterocycles. The number of carboxylic acids is 1. The summed E-state index contributed by atoms with van der Waals surface area (Å²) in [4.78, 5) is 39.1. The molecular weight excluding hydrogens is 432 g/mol. The number of hydrogen-bond donors (Lipinski definition) is 2. The molecule has 2 aromatic carbocycles. The van der Waals surface area contributed by atoms with Crippen molar-refractivity contribution in [3.8, 4) is 11.1 Å². The van der Waals surface area contributed by atoms with Crippen molar-refractivity contribution in [1.29, 1.82) is 0 Å². The van der Waals surface area contributed by atoms with Crippen molar-refractivity contribution in [3.05, 3.63) is 59.7 Å². The largest absolute Gasteiger partial charge is 0.481 e. The lowest BCUT2D eigenvalue weighted by molar-refractivity contribution is -0.147. The molecule has 180 valence electrons. The summed E-state index contributed by atoms with van der Waals surface area (Å²) >= 11 is 0. The highest BCUT2D eigenvalue weighted by atomic mass is 16.5. The van der Waals surface area contributed by atoms with Crippen LogP contribution in [0.25, 0.3) is 11.1 Å². The third kappa shape index (κ3) is 4.79. The third-order valence-electron chi connectivity index (χ3n) is 6.80. The fourth-order valence-corrected chi connectivity index (χ4v) is 4.97. The summed E-state index contributed by atoms with van der Waals surface area (Å²) in [6.07, 6.45) is 0.533. The number of fused-ring (bicyclic) bond motifs is 3. The second-order valence-corrected chi connectivity index (χ2v) is 10.2. The lowest BCUT2D eigenvalue weighted by Gasteiger charge is -2.37. The molecule has 7 nitrogen and oxygen atoms in total. The van der Waals surface area contributed by atoms with Gasteiger partial charge in [0.2, 0.25) is 5.91 Å². The molecule has 1 aliphatic carbocycles. The molecule has 34 heavy (non-hydrogen) atoms. The molecule has 4 rings (SSSR count). The molecule has 2 N–H and O–H groups in total. The number of carbonyl (C=O) groups excluding carboxylic acids is 2. The predicted molar refractivity (Wildman–Crippen MR) is 128 cm³/mol. The fraction of sp³-hybridized carbons (Fsp3) is 0.444. The Morgan fingerprint density at radius 1 is 1.06 bits per heavy atom. The number of carboxylic acid groups (broad SMARTS) is 1. The summed E-state index contributed by atoms with van der Waals surface area (Å²) in [6, 6.07) is 15.4. The van der Waals surface area contributed by atoms with Crippen LogP contribution in [0.1, 0.15) is 50.7 Å². The number of aliphatic carboxylic acids is 1. The monoisotopic (exact) mass is 464 g/mol. The molecule has 0 bridgehead atoms. The summed E-state index contributed by atoms with van der Waals surface area (Å²) in [6.45, 7) is 6.43. The van der Waals surface area contributed by atoms with E-state index >= 15 is 0 Å². The number of piperidine rings is 1. The van der Waals surface area contributed by atoms with E-state index in [0.717, 1.165) is 22.3 Å². The second kappa shape index (κ2) is 9.49. The van der Waals surface area contributed by atoms with Gasteiger partial charge in [0, 0.05) is 19.0 Å². The molecule has 1 saturated heterocycles. The normalized spacial score (nSPS) is 18.6. The molecule has 2 aliphatic rings. The average Bonchev–Trinajstić information content (AvgIpc) is 3.14. The quantitative estimate of drug-likeness (QED) is 0.689. The Kier molecular flexibility index (Phi) is 6.64. The highest BCUT2D eigenvalue weighted by Gasteiger charge is 2.39. The van der Waals surface area contributed by atoms with Crippen molar-refractivity contribution in [2.45, 2.75) is 45.6 Å². The van der Waals surface area contributed by atoms with Gasteiger partial charge in [-0.05, 0) is 40.5 Å². The molecule has 7 heteroatoms. The van der Waals surface area contributed by atoms with E-state index < -0.39 is 29.4 Å². The molecular formula is C27H32N2O5. The Morgan fingerprint density at radius 2 is 1.65 bits per heavy atom. The molecule has 2 atom stereocenters. The molecule has 0 spiro atoms. The standard InChI is InChI=1S/C27H32N2O5/c1-27(2,3)23(24(30)29-14-8-9-17(15-29)25(31)32)28-26(33)34-16-22-20-12-6-4-10-18(20)19-11-5-7-13-21(19)22/h4-7,10-13,17,22-23H,8-9,14-16H2,1-3H3,(H,28,33)(H,31,32)/t17-,23?/m0/s1. The van der Waals surface area contributed by atoms with Crippen molar-refractivity contribution in [1.82, 2.24) is 10.2 Å². The zero-order chi connectivity index (χ0) is 24.5. The lowest BCUT2D eigenvalue weighted by atomic mass is 9.85. The van der Waals surface area contributed by atoms with Crippen LogP contribution in [0.3, 0.4) is 0 Å². The van der Waals surface area contributed by atoms with Crippen LogP contribution in [-0.2, 0) is 14.3 Å². The van der Waals surface area contributed by atoms with Crippen molar-refractivity contribution < 1.29 is 24.2 Å². The van der Waals surface area contributed by atoms with Gasteiger partial charge < -0.3 is 20.1 Å². The number of nitrogens with one attached hydrogen (secondary N) is 1. The van der Waals surface area contributed by atoms with Gasteiger partial charge in [-0.1, -0.05) is 69.3 Å².